The molecule has 0 radical (unpaired) electrons. The predicted octanol–water partition coefficient (Wildman–Crippen LogP) is 4.81. The number of halogens is 7. The molecule has 1 aromatic carbocycles. The zero-order valence-electron chi connectivity index (χ0n) is 10.4. The van der Waals surface area contributed by atoms with E-state index in [1.54, 1.807) is 0 Å². The Bertz CT molecular complexity index is 491. The van der Waals surface area contributed by atoms with Gasteiger partial charge in [0.25, 0.3) is 0 Å². The van der Waals surface area contributed by atoms with Crippen LogP contribution in [0.3, 0.4) is 0 Å². The van der Waals surface area contributed by atoms with Gasteiger partial charge in [-0.3, -0.25) is 0 Å². The summed E-state index contributed by atoms with van der Waals surface area (Å²) in [7, 11) is 0. The van der Waals surface area contributed by atoms with Crippen LogP contribution in [-0.4, -0.2) is 17.2 Å². The van der Waals surface area contributed by atoms with Crippen LogP contribution in [0, 0.1) is 0 Å². The molecule has 1 rings (SSSR count). The molecule has 8 heteroatoms. The van der Waals surface area contributed by atoms with Crippen LogP contribution >= 0.6 is 0 Å². The monoisotopic (exact) mass is 304 g/mol. The lowest BCUT2D eigenvalue weighted by atomic mass is 9.94. The summed E-state index contributed by atoms with van der Waals surface area (Å²) in [6, 6.07) is 2.41. The van der Waals surface area contributed by atoms with Crippen LogP contribution in [0.25, 0.3) is 0 Å². The molecule has 0 bridgehead atoms. The summed E-state index contributed by atoms with van der Waals surface area (Å²) >= 11 is 0. The Kier molecular flexibility index (Phi) is 4.00. The molecule has 20 heavy (non-hydrogen) atoms. The number of alkyl halides is 7. The maximum Gasteiger partial charge on any atom is 0.460 e. The normalized spacial score (nSPS) is 13.9. The van der Waals surface area contributed by atoms with Gasteiger partial charge in [-0.1, -0.05) is 26.0 Å². The fraction of sp³-hybridized carbons (Fsp3) is 0.500. The van der Waals surface area contributed by atoms with Crippen LogP contribution in [0.5, 0.6) is 5.75 Å². The topological polar surface area (TPSA) is 20.2 Å². The summed E-state index contributed by atoms with van der Waals surface area (Å²) in [6.45, 7) is 2.94. The first-order valence-corrected chi connectivity index (χ1v) is 5.48. The van der Waals surface area contributed by atoms with Crippen LogP contribution in [-0.2, 0) is 5.92 Å². The molecule has 0 saturated carbocycles. The number of phenolic OH excluding ortho intramolecular Hbond substituents is 1. The van der Waals surface area contributed by atoms with Crippen molar-refractivity contribution >= 4 is 0 Å². The number of aromatic hydroxyl groups is 1. The van der Waals surface area contributed by atoms with E-state index in [0.717, 1.165) is 6.07 Å². The first kappa shape index (κ1) is 16.6. The number of hydrogen-bond acceptors (Lipinski definition) is 1. The van der Waals surface area contributed by atoms with E-state index in [9.17, 15) is 35.8 Å². The molecule has 0 heterocycles. The molecule has 1 nitrogen and oxygen atoms in total. The summed E-state index contributed by atoms with van der Waals surface area (Å²) in [5.41, 5.74) is -1.88. The lowest BCUT2D eigenvalue weighted by Crippen LogP contribution is -2.50. The number of para-hydroxylation sites is 1. The van der Waals surface area contributed by atoms with E-state index in [1.165, 1.54) is 19.9 Å². The highest BCUT2D eigenvalue weighted by Gasteiger charge is 2.74. The summed E-state index contributed by atoms with van der Waals surface area (Å²) in [5, 5.41) is 9.54. The first-order valence-electron chi connectivity index (χ1n) is 5.48. The molecule has 0 unspecified atom stereocenters. The molecule has 1 aromatic rings. The maximum atomic E-state index is 13.5. The lowest BCUT2D eigenvalue weighted by molar-refractivity contribution is -0.359. The second kappa shape index (κ2) is 4.82. The molecule has 0 aliphatic rings. The molecular formula is C12H11F7O. The zero-order valence-corrected chi connectivity index (χ0v) is 10.4. The minimum absolute atomic E-state index is 0.139. The van der Waals surface area contributed by atoms with Crippen molar-refractivity contribution in [2.45, 2.75) is 37.8 Å². The van der Waals surface area contributed by atoms with Gasteiger partial charge in [-0.2, -0.15) is 30.7 Å². The standard InChI is InChI=1S/C12H11F7O/c1-6(2)7-4-3-5-8(9(7)20)10(13,14)11(15,16)12(17,18)19/h3-6,20H,1-2H3. The highest BCUT2D eigenvalue weighted by molar-refractivity contribution is 5.45. The van der Waals surface area contributed by atoms with E-state index in [-0.39, 0.29) is 5.56 Å². The van der Waals surface area contributed by atoms with Crippen molar-refractivity contribution in [3.05, 3.63) is 29.3 Å². The van der Waals surface area contributed by atoms with Gasteiger partial charge >= 0.3 is 18.0 Å². The largest absolute Gasteiger partial charge is 0.507 e. The Balaban J connectivity index is 3.48. The summed E-state index contributed by atoms with van der Waals surface area (Å²) < 4.78 is 89.1. The fourth-order valence-corrected chi connectivity index (χ4v) is 1.63. The number of rotatable bonds is 3. The molecule has 0 amide bonds. The van der Waals surface area contributed by atoms with Crippen molar-refractivity contribution in [3.8, 4) is 5.75 Å². The highest BCUT2D eigenvalue weighted by atomic mass is 19.4. The summed E-state index contributed by atoms with van der Waals surface area (Å²) in [5.74, 6) is -13.6. The third-order valence-corrected chi connectivity index (χ3v) is 2.78. The quantitative estimate of drug-likeness (QED) is 0.795. The highest BCUT2D eigenvalue weighted by Crippen LogP contribution is 2.54. The lowest BCUT2D eigenvalue weighted by Gasteiger charge is -2.29. The Morgan fingerprint density at radius 3 is 1.85 bits per heavy atom. The van der Waals surface area contributed by atoms with Crippen molar-refractivity contribution in [2.24, 2.45) is 0 Å². The zero-order chi connectivity index (χ0) is 15.9. The Hall–Kier alpha value is -1.47. The fourth-order valence-electron chi connectivity index (χ4n) is 1.63. The van der Waals surface area contributed by atoms with Crippen LogP contribution in [0.2, 0.25) is 0 Å². The van der Waals surface area contributed by atoms with Gasteiger partial charge in [0.05, 0.1) is 5.56 Å². The minimum Gasteiger partial charge on any atom is -0.507 e. The van der Waals surface area contributed by atoms with Gasteiger partial charge in [0.1, 0.15) is 5.75 Å². The van der Waals surface area contributed by atoms with Gasteiger partial charge in [-0.15, -0.1) is 0 Å². The predicted molar refractivity (Wildman–Crippen MR) is 57.1 cm³/mol. The molecule has 0 aromatic heterocycles. The average Bonchev–Trinajstić information content (AvgIpc) is 2.26. The average molecular weight is 304 g/mol. The number of hydrogen-bond donors (Lipinski definition) is 1. The molecular weight excluding hydrogens is 293 g/mol. The number of phenols is 1. The molecule has 1 N–H and O–H groups in total. The van der Waals surface area contributed by atoms with Crippen LogP contribution < -0.4 is 0 Å². The van der Waals surface area contributed by atoms with E-state index < -0.39 is 35.3 Å². The van der Waals surface area contributed by atoms with E-state index >= 15 is 0 Å². The van der Waals surface area contributed by atoms with Crippen molar-refractivity contribution in [3.63, 3.8) is 0 Å². The van der Waals surface area contributed by atoms with Gasteiger partial charge in [0, 0.05) is 0 Å². The van der Waals surface area contributed by atoms with Gasteiger partial charge in [0.2, 0.25) is 0 Å². The molecule has 0 fully saturated rings. The van der Waals surface area contributed by atoms with Crippen molar-refractivity contribution in [1.29, 1.82) is 0 Å². The summed E-state index contributed by atoms with van der Waals surface area (Å²) in [4.78, 5) is 0. The van der Waals surface area contributed by atoms with E-state index in [4.69, 9.17) is 0 Å². The molecule has 0 aliphatic carbocycles. The summed E-state index contributed by atoms with van der Waals surface area (Å²) in [6.07, 6.45) is -6.43. The maximum absolute atomic E-state index is 13.5. The second-order valence-corrected chi connectivity index (χ2v) is 4.54. The van der Waals surface area contributed by atoms with E-state index in [0.29, 0.717) is 6.07 Å². The Morgan fingerprint density at radius 1 is 0.950 bits per heavy atom. The van der Waals surface area contributed by atoms with Crippen LogP contribution in [0.4, 0.5) is 30.7 Å². The van der Waals surface area contributed by atoms with Gasteiger partial charge < -0.3 is 5.11 Å². The van der Waals surface area contributed by atoms with Gasteiger partial charge in [-0.25, -0.2) is 0 Å². The third kappa shape index (κ3) is 2.43. The van der Waals surface area contributed by atoms with E-state index in [1.807, 2.05) is 0 Å². The van der Waals surface area contributed by atoms with Crippen molar-refractivity contribution in [1.82, 2.24) is 0 Å². The van der Waals surface area contributed by atoms with Gasteiger partial charge in [-0.05, 0) is 17.5 Å². The number of benzene rings is 1. The van der Waals surface area contributed by atoms with Gasteiger partial charge in [0.15, 0.2) is 0 Å². The molecule has 0 spiro atoms. The minimum atomic E-state index is -6.43. The van der Waals surface area contributed by atoms with Crippen LogP contribution in [0.1, 0.15) is 30.9 Å². The van der Waals surface area contributed by atoms with Crippen molar-refractivity contribution < 1.29 is 35.8 Å². The molecule has 0 saturated heterocycles. The van der Waals surface area contributed by atoms with E-state index in [2.05, 4.69) is 0 Å². The van der Waals surface area contributed by atoms with Crippen molar-refractivity contribution in [2.75, 3.05) is 0 Å². The molecule has 0 atom stereocenters. The molecule has 0 aliphatic heterocycles. The van der Waals surface area contributed by atoms with Crippen LogP contribution in [0.15, 0.2) is 18.2 Å². The smallest absolute Gasteiger partial charge is 0.460 e. The Morgan fingerprint density at radius 2 is 1.45 bits per heavy atom. The molecule has 114 valence electrons. The SMILES string of the molecule is CC(C)c1cccc(C(F)(F)C(F)(F)C(F)(F)F)c1O. The Labute approximate surface area is 110 Å². The first-order chi connectivity index (χ1) is 8.84. The third-order valence-electron chi connectivity index (χ3n) is 2.78. The second-order valence-electron chi connectivity index (χ2n) is 4.54.